The van der Waals surface area contributed by atoms with Crippen molar-refractivity contribution in [3.05, 3.63) is 65.2 Å². The molecule has 130 valence electrons. The van der Waals surface area contributed by atoms with Gasteiger partial charge in [-0.3, -0.25) is 4.79 Å². The van der Waals surface area contributed by atoms with Crippen molar-refractivity contribution in [2.75, 3.05) is 0 Å². The number of aryl methyl sites for hydroxylation is 1. The van der Waals surface area contributed by atoms with Crippen LogP contribution in [0.3, 0.4) is 0 Å². The number of amides is 1. The highest BCUT2D eigenvalue weighted by atomic mass is 16.3. The van der Waals surface area contributed by atoms with Gasteiger partial charge in [-0.25, -0.2) is 16.3 Å². The van der Waals surface area contributed by atoms with Gasteiger partial charge >= 0.3 is 0 Å². The summed E-state index contributed by atoms with van der Waals surface area (Å²) >= 11 is 0. The minimum atomic E-state index is -0.368. The molecule has 1 aliphatic heterocycles. The molecule has 0 aliphatic carbocycles. The van der Waals surface area contributed by atoms with Crippen molar-refractivity contribution in [3.63, 3.8) is 0 Å². The molecule has 6 nitrogen and oxygen atoms in total. The first-order valence-corrected chi connectivity index (χ1v) is 8.24. The van der Waals surface area contributed by atoms with E-state index in [4.69, 9.17) is 0 Å². The number of phenolic OH excluding ortho intramolecular Hbond substituents is 1. The Morgan fingerprint density at radius 1 is 1.16 bits per heavy atom. The van der Waals surface area contributed by atoms with E-state index >= 15 is 0 Å². The first kappa shape index (κ1) is 17.1. The van der Waals surface area contributed by atoms with Gasteiger partial charge < -0.3 is 5.11 Å². The highest BCUT2D eigenvalue weighted by Gasteiger charge is 2.30. The Morgan fingerprint density at radius 3 is 2.60 bits per heavy atom. The molecule has 0 bridgehead atoms. The minimum absolute atomic E-state index is 0.0830. The number of phenols is 1. The summed E-state index contributed by atoms with van der Waals surface area (Å²) in [6, 6.07) is 14.9. The van der Waals surface area contributed by atoms with Gasteiger partial charge in [0, 0.05) is 11.6 Å². The number of aromatic hydroxyl groups is 1. The number of hydrazone groups is 1. The standard InChI is InChI=1S/C19H22N4O2/c1-12-7-9-14(10-8-12)16-11-17(22-21-16)19(25)23-20-13(2)15-5-3-4-6-18(15)24/h3-10,16-17,21-22,24H,11H2,1-2H3,(H,23,25)/b20-13-. The predicted octanol–water partition coefficient (Wildman–Crippen LogP) is 2.15. The van der Waals surface area contributed by atoms with Crippen LogP contribution in [0.1, 0.15) is 36.1 Å². The van der Waals surface area contributed by atoms with Crippen LogP contribution in [-0.2, 0) is 4.79 Å². The highest BCUT2D eigenvalue weighted by molar-refractivity contribution is 6.01. The second-order valence-corrected chi connectivity index (χ2v) is 6.23. The van der Waals surface area contributed by atoms with Gasteiger partial charge in [-0.15, -0.1) is 0 Å². The number of hydrazine groups is 1. The Balaban J connectivity index is 1.60. The maximum Gasteiger partial charge on any atom is 0.258 e. The lowest BCUT2D eigenvalue weighted by atomic mass is 10.0. The molecule has 1 saturated heterocycles. The number of para-hydroxylation sites is 1. The Bertz CT molecular complexity index is 786. The average molecular weight is 338 g/mol. The molecule has 2 aromatic rings. The number of carbonyl (C=O) groups excluding carboxylic acids is 1. The largest absolute Gasteiger partial charge is 0.507 e. The molecule has 1 aliphatic rings. The number of nitrogens with zero attached hydrogens (tertiary/aromatic N) is 1. The van der Waals surface area contributed by atoms with Crippen LogP contribution < -0.4 is 16.3 Å². The molecule has 25 heavy (non-hydrogen) atoms. The Labute approximate surface area is 146 Å². The van der Waals surface area contributed by atoms with Crippen LogP contribution in [0.15, 0.2) is 53.6 Å². The summed E-state index contributed by atoms with van der Waals surface area (Å²) in [4.78, 5) is 12.3. The van der Waals surface area contributed by atoms with E-state index in [1.165, 1.54) is 5.56 Å². The molecule has 3 rings (SSSR count). The van der Waals surface area contributed by atoms with Crippen LogP contribution >= 0.6 is 0 Å². The maximum absolute atomic E-state index is 12.3. The van der Waals surface area contributed by atoms with Crippen LogP contribution in [0.25, 0.3) is 0 Å². The van der Waals surface area contributed by atoms with E-state index in [1.807, 2.05) is 13.0 Å². The molecule has 6 heteroatoms. The van der Waals surface area contributed by atoms with Gasteiger partial charge in [0.15, 0.2) is 0 Å². The zero-order valence-electron chi connectivity index (χ0n) is 14.3. The lowest BCUT2D eigenvalue weighted by Crippen LogP contribution is -2.41. The topological polar surface area (TPSA) is 85.8 Å². The third kappa shape index (κ3) is 4.04. The SMILES string of the molecule is C/C(=N/NC(=O)C1CC(c2ccc(C)cc2)NN1)c1ccccc1O. The van der Waals surface area contributed by atoms with Crippen molar-refractivity contribution < 1.29 is 9.90 Å². The summed E-state index contributed by atoms with van der Waals surface area (Å²) in [5.41, 5.74) is 12.2. The second kappa shape index (κ2) is 7.46. The normalized spacial score (nSPS) is 20.5. The van der Waals surface area contributed by atoms with Crippen LogP contribution in [0.4, 0.5) is 0 Å². The van der Waals surface area contributed by atoms with Crippen molar-refractivity contribution in [2.24, 2.45) is 5.10 Å². The molecule has 1 heterocycles. The molecule has 1 amide bonds. The summed E-state index contributed by atoms with van der Waals surface area (Å²) in [6.07, 6.45) is 0.639. The maximum atomic E-state index is 12.3. The predicted molar refractivity (Wildman–Crippen MR) is 97.1 cm³/mol. The van der Waals surface area contributed by atoms with Gasteiger partial charge in [-0.1, -0.05) is 42.0 Å². The van der Waals surface area contributed by atoms with E-state index in [2.05, 4.69) is 45.6 Å². The first-order valence-electron chi connectivity index (χ1n) is 8.24. The fourth-order valence-corrected chi connectivity index (χ4v) is 2.80. The van der Waals surface area contributed by atoms with Gasteiger partial charge in [-0.2, -0.15) is 5.10 Å². The van der Waals surface area contributed by atoms with E-state index in [0.29, 0.717) is 17.7 Å². The first-order chi connectivity index (χ1) is 12.0. The van der Waals surface area contributed by atoms with Gasteiger partial charge in [-0.05, 0) is 38.0 Å². The lowest BCUT2D eigenvalue weighted by molar-refractivity contribution is -0.122. The molecular formula is C19H22N4O2. The van der Waals surface area contributed by atoms with Gasteiger partial charge in [0.25, 0.3) is 5.91 Å². The number of hydrogen-bond donors (Lipinski definition) is 4. The number of benzene rings is 2. The van der Waals surface area contributed by atoms with Crippen LogP contribution in [0, 0.1) is 6.92 Å². The fourth-order valence-electron chi connectivity index (χ4n) is 2.80. The van der Waals surface area contributed by atoms with E-state index in [0.717, 1.165) is 5.56 Å². The zero-order chi connectivity index (χ0) is 17.8. The van der Waals surface area contributed by atoms with Gasteiger partial charge in [0.2, 0.25) is 0 Å². The molecule has 2 unspecified atom stereocenters. The van der Waals surface area contributed by atoms with Gasteiger partial charge in [0.1, 0.15) is 11.8 Å². The second-order valence-electron chi connectivity index (χ2n) is 6.23. The molecule has 0 radical (unpaired) electrons. The number of carbonyl (C=O) groups is 1. The summed E-state index contributed by atoms with van der Waals surface area (Å²) in [5.74, 6) is -0.0741. The van der Waals surface area contributed by atoms with Crippen molar-refractivity contribution >= 4 is 11.6 Å². The molecule has 2 atom stereocenters. The number of rotatable bonds is 4. The molecule has 0 spiro atoms. The zero-order valence-corrected chi connectivity index (χ0v) is 14.3. The molecule has 1 fully saturated rings. The van der Waals surface area contributed by atoms with E-state index < -0.39 is 0 Å². The lowest BCUT2D eigenvalue weighted by Gasteiger charge is -2.10. The number of hydrogen-bond acceptors (Lipinski definition) is 5. The van der Waals surface area contributed by atoms with Crippen molar-refractivity contribution in [2.45, 2.75) is 32.4 Å². The molecule has 0 aromatic heterocycles. The van der Waals surface area contributed by atoms with E-state index in [1.54, 1.807) is 25.1 Å². The average Bonchev–Trinajstić information content (AvgIpc) is 3.10. The summed E-state index contributed by atoms with van der Waals surface area (Å²) < 4.78 is 0. The number of nitrogens with one attached hydrogen (secondary N) is 3. The van der Waals surface area contributed by atoms with Crippen molar-refractivity contribution in [3.8, 4) is 5.75 Å². The van der Waals surface area contributed by atoms with E-state index in [-0.39, 0.29) is 23.7 Å². The molecule has 2 aromatic carbocycles. The van der Waals surface area contributed by atoms with Crippen molar-refractivity contribution in [1.82, 2.24) is 16.3 Å². The summed E-state index contributed by atoms with van der Waals surface area (Å²) in [6.45, 7) is 3.79. The van der Waals surface area contributed by atoms with Crippen LogP contribution in [0.5, 0.6) is 5.75 Å². The molecule has 4 N–H and O–H groups in total. The molecule has 0 saturated carbocycles. The van der Waals surface area contributed by atoms with E-state index in [9.17, 15) is 9.90 Å². The van der Waals surface area contributed by atoms with Crippen LogP contribution in [-0.4, -0.2) is 22.8 Å². The quantitative estimate of drug-likeness (QED) is 0.508. The van der Waals surface area contributed by atoms with Gasteiger partial charge in [0.05, 0.1) is 5.71 Å². The van der Waals surface area contributed by atoms with Crippen molar-refractivity contribution in [1.29, 1.82) is 0 Å². The monoisotopic (exact) mass is 338 g/mol. The summed E-state index contributed by atoms with van der Waals surface area (Å²) in [7, 11) is 0. The smallest absolute Gasteiger partial charge is 0.258 e. The minimum Gasteiger partial charge on any atom is -0.507 e. The van der Waals surface area contributed by atoms with Crippen LogP contribution in [0.2, 0.25) is 0 Å². The fraction of sp³-hybridized carbons (Fsp3) is 0.263. The highest BCUT2D eigenvalue weighted by Crippen LogP contribution is 2.22. The summed E-state index contributed by atoms with van der Waals surface area (Å²) in [5, 5.41) is 13.9. The Hall–Kier alpha value is -2.70. The molecular weight excluding hydrogens is 316 g/mol. The Morgan fingerprint density at radius 2 is 1.88 bits per heavy atom. The third-order valence-electron chi connectivity index (χ3n) is 4.33. The third-order valence-corrected chi connectivity index (χ3v) is 4.33. The Kier molecular flexibility index (Phi) is 5.11.